The smallest absolute Gasteiger partial charge is 0.410 e. The van der Waals surface area contributed by atoms with Crippen LogP contribution in [0.3, 0.4) is 0 Å². The first kappa shape index (κ1) is 15.6. The van der Waals surface area contributed by atoms with E-state index in [1.807, 2.05) is 18.7 Å². The third-order valence-corrected chi connectivity index (χ3v) is 4.23. The van der Waals surface area contributed by atoms with Gasteiger partial charge >= 0.3 is 6.09 Å². The average Bonchev–Trinajstić information content (AvgIpc) is 2.91. The average molecular weight is 318 g/mol. The van der Waals surface area contributed by atoms with Gasteiger partial charge in [-0.2, -0.15) is 0 Å². The molecule has 23 heavy (non-hydrogen) atoms. The number of amides is 2. The molecule has 1 aromatic rings. The van der Waals surface area contributed by atoms with Crippen molar-refractivity contribution in [2.45, 2.75) is 13.8 Å². The van der Waals surface area contributed by atoms with Crippen LogP contribution in [-0.4, -0.2) is 72.7 Å². The lowest BCUT2D eigenvalue weighted by Crippen LogP contribution is -2.51. The Morgan fingerprint density at radius 3 is 2.35 bits per heavy atom. The maximum atomic E-state index is 12.3. The third kappa shape index (κ3) is 3.55. The van der Waals surface area contributed by atoms with Crippen molar-refractivity contribution in [3.8, 4) is 0 Å². The molecule has 0 radical (unpaired) electrons. The Bertz CT molecular complexity index is 591. The quantitative estimate of drug-likeness (QED) is 0.825. The minimum atomic E-state index is -0.389. The second-order valence-corrected chi connectivity index (χ2v) is 6.01. The number of carbonyl (C=O) groups excluding carboxylic acids is 2. The number of aromatic nitrogens is 1. The van der Waals surface area contributed by atoms with E-state index < -0.39 is 0 Å². The summed E-state index contributed by atoms with van der Waals surface area (Å²) in [6.07, 6.45) is -0.389. The molecule has 2 fully saturated rings. The molecule has 1 aromatic heterocycles. The lowest BCUT2D eigenvalue weighted by molar-refractivity contribution is -0.132. The largest absolute Gasteiger partial charge is 0.448 e. The molecule has 2 aliphatic rings. The van der Waals surface area contributed by atoms with Gasteiger partial charge in [-0.25, -0.2) is 4.79 Å². The summed E-state index contributed by atoms with van der Waals surface area (Å²) in [5.74, 6) is -0.00871. The zero-order chi connectivity index (χ0) is 16.4. The van der Waals surface area contributed by atoms with Crippen molar-refractivity contribution in [3.05, 3.63) is 23.5 Å². The number of carbonyl (C=O) groups is 2. The number of pyridine rings is 1. The lowest BCUT2D eigenvalue weighted by atomic mass is 10.2. The molecule has 3 heterocycles. The monoisotopic (exact) mass is 318 g/mol. The fourth-order valence-electron chi connectivity index (χ4n) is 3.04. The van der Waals surface area contributed by atoms with Gasteiger partial charge in [-0.05, 0) is 26.0 Å². The molecular formula is C16H22N4O3. The first-order valence-corrected chi connectivity index (χ1v) is 7.92. The number of piperazine rings is 1. The second-order valence-electron chi connectivity index (χ2n) is 6.01. The molecule has 0 unspecified atom stereocenters. The van der Waals surface area contributed by atoms with Gasteiger partial charge in [0.05, 0.1) is 6.54 Å². The van der Waals surface area contributed by atoms with E-state index in [0.29, 0.717) is 26.2 Å². The first-order valence-electron chi connectivity index (χ1n) is 7.92. The standard InChI is InChI=1S/C16H22N4O3/c1-12-9-14(10-13(2)17-12)18-3-5-19(6-4-18)15(21)11-20-7-8-23-16(20)22/h9-10H,3-8,11H2,1-2H3. The van der Waals surface area contributed by atoms with E-state index in [1.165, 1.54) is 4.90 Å². The molecule has 0 saturated carbocycles. The van der Waals surface area contributed by atoms with Crippen molar-refractivity contribution in [1.29, 1.82) is 0 Å². The maximum absolute atomic E-state index is 12.3. The van der Waals surface area contributed by atoms with E-state index in [0.717, 1.165) is 30.2 Å². The zero-order valence-electron chi connectivity index (χ0n) is 13.6. The summed E-state index contributed by atoms with van der Waals surface area (Å²) < 4.78 is 4.85. The number of hydrogen-bond donors (Lipinski definition) is 0. The van der Waals surface area contributed by atoms with E-state index in [1.54, 1.807) is 0 Å². The van der Waals surface area contributed by atoms with E-state index in [-0.39, 0.29) is 18.5 Å². The van der Waals surface area contributed by atoms with Crippen LogP contribution in [0.2, 0.25) is 0 Å². The number of cyclic esters (lactones) is 1. The van der Waals surface area contributed by atoms with Crippen LogP contribution in [0.25, 0.3) is 0 Å². The molecule has 3 rings (SSSR count). The zero-order valence-corrected chi connectivity index (χ0v) is 13.6. The van der Waals surface area contributed by atoms with Crippen LogP contribution in [-0.2, 0) is 9.53 Å². The summed E-state index contributed by atoms with van der Waals surface area (Å²) in [6, 6.07) is 4.15. The van der Waals surface area contributed by atoms with E-state index in [2.05, 4.69) is 22.0 Å². The molecule has 0 aliphatic carbocycles. The Morgan fingerprint density at radius 2 is 1.78 bits per heavy atom. The van der Waals surface area contributed by atoms with Crippen molar-refractivity contribution in [2.75, 3.05) is 50.8 Å². The number of nitrogens with zero attached hydrogens (tertiary/aromatic N) is 4. The van der Waals surface area contributed by atoms with Crippen LogP contribution in [0.1, 0.15) is 11.4 Å². The van der Waals surface area contributed by atoms with Crippen molar-refractivity contribution in [1.82, 2.24) is 14.8 Å². The fraction of sp³-hybridized carbons (Fsp3) is 0.562. The summed E-state index contributed by atoms with van der Waals surface area (Å²) in [5, 5.41) is 0. The maximum Gasteiger partial charge on any atom is 0.410 e. The molecule has 0 N–H and O–H groups in total. The highest BCUT2D eigenvalue weighted by Gasteiger charge is 2.28. The molecular weight excluding hydrogens is 296 g/mol. The molecule has 0 atom stereocenters. The van der Waals surface area contributed by atoms with Gasteiger partial charge in [0.1, 0.15) is 13.2 Å². The van der Waals surface area contributed by atoms with Gasteiger partial charge in [-0.15, -0.1) is 0 Å². The Hall–Kier alpha value is -2.31. The molecule has 7 nitrogen and oxygen atoms in total. The Morgan fingerprint density at radius 1 is 1.13 bits per heavy atom. The molecule has 0 aromatic carbocycles. The topological polar surface area (TPSA) is 66.0 Å². The highest BCUT2D eigenvalue weighted by atomic mass is 16.6. The summed E-state index contributed by atoms with van der Waals surface area (Å²) >= 11 is 0. The minimum Gasteiger partial charge on any atom is -0.448 e. The van der Waals surface area contributed by atoms with Gasteiger partial charge in [-0.1, -0.05) is 0 Å². The highest BCUT2D eigenvalue weighted by molar-refractivity contribution is 5.83. The normalized spacial score (nSPS) is 18.3. The van der Waals surface area contributed by atoms with Crippen molar-refractivity contribution in [3.63, 3.8) is 0 Å². The minimum absolute atomic E-state index is 0.00871. The van der Waals surface area contributed by atoms with Crippen LogP contribution in [0.15, 0.2) is 12.1 Å². The van der Waals surface area contributed by atoms with Crippen molar-refractivity contribution in [2.24, 2.45) is 0 Å². The van der Waals surface area contributed by atoms with E-state index in [9.17, 15) is 9.59 Å². The van der Waals surface area contributed by atoms with Gasteiger partial charge in [0, 0.05) is 43.3 Å². The van der Waals surface area contributed by atoms with Gasteiger partial charge < -0.3 is 14.5 Å². The Balaban J connectivity index is 1.55. The lowest BCUT2D eigenvalue weighted by Gasteiger charge is -2.36. The van der Waals surface area contributed by atoms with Gasteiger partial charge in [0.15, 0.2) is 0 Å². The summed E-state index contributed by atoms with van der Waals surface area (Å²) in [6.45, 7) is 7.90. The Kier molecular flexibility index (Phi) is 4.36. The summed E-state index contributed by atoms with van der Waals surface area (Å²) in [5.41, 5.74) is 3.17. The highest BCUT2D eigenvalue weighted by Crippen LogP contribution is 2.18. The van der Waals surface area contributed by atoms with Crippen LogP contribution in [0.5, 0.6) is 0 Å². The SMILES string of the molecule is Cc1cc(N2CCN(C(=O)CN3CCOC3=O)CC2)cc(C)n1. The molecule has 2 amide bonds. The third-order valence-electron chi connectivity index (χ3n) is 4.23. The van der Waals surface area contributed by atoms with Gasteiger partial charge in [0.2, 0.25) is 5.91 Å². The van der Waals surface area contributed by atoms with Crippen LogP contribution >= 0.6 is 0 Å². The first-order chi connectivity index (χ1) is 11.0. The molecule has 0 spiro atoms. The Labute approximate surface area is 135 Å². The molecule has 2 saturated heterocycles. The molecule has 7 heteroatoms. The summed E-state index contributed by atoms with van der Waals surface area (Å²) in [7, 11) is 0. The number of anilines is 1. The molecule has 0 bridgehead atoms. The van der Waals surface area contributed by atoms with Crippen LogP contribution in [0.4, 0.5) is 10.5 Å². The summed E-state index contributed by atoms with van der Waals surface area (Å²) in [4.78, 5) is 33.7. The van der Waals surface area contributed by atoms with Crippen LogP contribution < -0.4 is 4.90 Å². The van der Waals surface area contributed by atoms with Gasteiger partial charge in [-0.3, -0.25) is 14.7 Å². The predicted octanol–water partition coefficient (Wildman–Crippen LogP) is 0.799. The number of hydrogen-bond acceptors (Lipinski definition) is 5. The number of ether oxygens (including phenoxy) is 1. The van der Waals surface area contributed by atoms with Crippen molar-refractivity contribution < 1.29 is 14.3 Å². The molecule has 2 aliphatic heterocycles. The van der Waals surface area contributed by atoms with Gasteiger partial charge in [0.25, 0.3) is 0 Å². The van der Waals surface area contributed by atoms with E-state index >= 15 is 0 Å². The number of rotatable bonds is 3. The predicted molar refractivity (Wildman–Crippen MR) is 85.4 cm³/mol. The molecule has 124 valence electrons. The van der Waals surface area contributed by atoms with Crippen molar-refractivity contribution >= 4 is 17.7 Å². The van der Waals surface area contributed by atoms with Crippen LogP contribution in [0, 0.1) is 13.8 Å². The second kappa shape index (κ2) is 6.44. The fourth-order valence-corrected chi connectivity index (χ4v) is 3.04. The number of aryl methyl sites for hydroxylation is 2. The van der Waals surface area contributed by atoms with E-state index in [4.69, 9.17) is 4.74 Å².